The molecule has 198 valence electrons. The van der Waals surface area contributed by atoms with E-state index in [1.54, 1.807) is 30.0 Å². The molecule has 0 fully saturated rings. The Labute approximate surface area is 216 Å². The zero-order chi connectivity index (χ0) is 26.7. The van der Waals surface area contributed by atoms with Gasteiger partial charge in [-0.2, -0.15) is 0 Å². The Morgan fingerprint density at radius 1 is 1.14 bits per heavy atom. The van der Waals surface area contributed by atoms with Gasteiger partial charge in [-0.25, -0.2) is 0 Å². The average Bonchev–Trinajstić information content (AvgIpc) is 3.31. The van der Waals surface area contributed by atoms with E-state index >= 15 is 0 Å². The summed E-state index contributed by atoms with van der Waals surface area (Å²) < 4.78 is 11.7. The first kappa shape index (κ1) is 26.7. The highest BCUT2D eigenvalue weighted by Crippen LogP contribution is 2.51. The highest BCUT2D eigenvalue weighted by Gasteiger charge is 2.51. The van der Waals surface area contributed by atoms with Crippen molar-refractivity contribution in [1.29, 1.82) is 0 Å². The number of fused-ring (bicyclic) bond motifs is 3. The molecular weight excluding hydrogens is 476 g/mol. The Balaban J connectivity index is 1.80. The minimum absolute atomic E-state index is 0.0511. The lowest BCUT2D eigenvalue weighted by Crippen LogP contribution is -2.55. The lowest BCUT2D eigenvalue weighted by Gasteiger charge is -2.40. The van der Waals surface area contributed by atoms with E-state index in [9.17, 15) is 24.9 Å². The number of aryl methyl sites for hydroxylation is 1. The maximum atomic E-state index is 13.3. The fourth-order valence-electron chi connectivity index (χ4n) is 5.07. The van der Waals surface area contributed by atoms with Crippen LogP contribution in [-0.4, -0.2) is 70.5 Å². The number of nitrogens with zero attached hydrogens (tertiary/aromatic N) is 1. The number of aliphatic hydroxyl groups excluding tert-OH is 3. The van der Waals surface area contributed by atoms with E-state index in [1.165, 1.54) is 7.11 Å². The van der Waals surface area contributed by atoms with Crippen LogP contribution < -0.4 is 14.8 Å². The third kappa shape index (κ3) is 5.20. The monoisotopic (exact) mass is 510 g/mol. The number of nitrogens with one attached hydrogen (secondary N) is 1. The molecule has 0 unspecified atom stereocenters. The van der Waals surface area contributed by atoms with Gasteiger partial charge in [-0.05, 0) is 36.3 Å². The summed E-state index contributed by atoms with van der Waals surface area (Å²) in [7, 11) is 1.48. The van der Waals surface area contributed by atoms with Crippen molar-refractivity contribution in [1.82, 2.24) is 10.2 Å². The number of ether oxygens (including phenoxy) is 2. The molecule has 4 atom stereocenters. The molecule has 0 saturated carbocycles. The molecule has 2 aromatic rings. The molecule has 0 radical (unpaired) electrons. The van der Waals surface area contributed by atoms with Crippen LogP contribution >= 0.6 is 0 Å². The number of benzene rings is 2. The largest absolute Gasteiger partial charge is 0.493 e. The van der Waals surface area contributed by atoms with Crippen molar-refractivity contribution in [3.05, 3.63) is 70.3 Å². The van der Waals surface area contributed by atoms with Gasteiger partial charge < -0.3 is 35.0 Å². The molecule has 0 bridgehead atoms. The van der Waals surface area contributed by atoms with E-state index in [4.69, 9.17) is 9.47 Å². The molecule has 2 aliphatic rings. The predicted octanol–water partition coefficient (Wildman–Crippen LogP) is 1.56. The third-order valence-corrected chi connectivity index (χ3v) is 6.95. The molecular formula is C28H34N2O7. The van der Waals surface area contributed by atoms with Crippen LogP contribution in [0.15, 0.2) is 48.0 Å². The summed E-state index contributed by atoms with van der Waals surface area (Å²) in [5, 5.41) is 33.3. The third-order valence-electron chi connectivity index (χ3n) is 6.95. The zero-order valence-electron chi connectivity index (χ0n) is 21.3. The van der Waals surface area contributed by atoms with Crippen molar-refractivity contribution in [2.24, 2.45) is 0 Å². The van der Waals surface area contributed by atoms with Crippen molar-refractivity contribution in [3.63, 3.8) is 0 Å². The van der Waals surface area contributed by atoms with Crippen LogP contribution in [0.2, 0.25) is 0 Å². The number of amides is 2. The summed E-state index contributed by atoms with van der Waals surface area (Å²) in [4.78, 5) is 28.0. The van der Waals surface area contributed by atoms with E-state index in [0.717, 1.165) is 11.1 Å². The minimum Gasteiger partial charge on any atom is -0.493 e. The fraction of sp³-hybridized carbons (Fsp3) is 0.429. The highest BCUT2D eigenvalue weighted by molar-refractivity contribution is 5.96. The van der Waals surface area contributed by atoms with Crippen molar-refractivity contribution >= 4 is 11.8 Å². The van der Waals surface area contributed by atoms with E-state index < -0.39 is 30.1 Å². The van der Waals surface area contributed by atoms with Gasteiger partial charge >= 0.3 is 0 Å². The van der Waals surface area contributed by atoms with Gasteiger partial charge in [-0.1, -0.05) is 36.8 Å². The second-order valence-corrected chi connectivity index (χ2v) is 9.38. The van der Waals surface area contributed by atoms with Crippen LogP contribution in [0.25, 0.3) is 0 Å². The normalized spacial score (nSPS) is 21.8. The van der Waals surface area contributed by atoms with Crippen molar-refractivity contribution in [3.8, 4) is 11.5 Å². The quantitative estimate of drug-likeness (QED) is 0.403. The Morgan fingerprint density at radius 2 is 1.86 bits per heavy atom. The van der Waals surface area contributed by atoms with Crippen LogP contribution in [0, 0.1) is 6.92 Å². The second kappa shape index (κ2) is 11.3. The SMILES string of the molecule is CCC(=O)N(Cc1ccc(C)cc1)[C@@H]1C=C(C(=O)NCCO)[C@@H]2c3cc(CO)cc(OC)c3O[C@@H]2[C@H]1O. The molecule has 2 amide bonds. The first-order valence-corrected chi connectivity index (χ1v) is 12.4. The standard InChI is InChI=1S/C28H34N2O7/c1-4-23(33)30(14-17-7-5-16(2)6-8-17)21-13-20(28(35)29-9-10-31)24-19-11-18(15-32)12-22(36-3)26(19)37-27(24)25(21)34/h5-8,11-13,21,24-25,27,31-32,34H,4,9-10,14-15H2,1-3H3,(H,29,35)/t21-,24+,25+,27+/m1/s1. The summed E-state index contributed by atoms with van der Waals surface area (Å²) in [5.41, 5.74) is 3.50. The molecule has 0 spiro atoms. The van der Waals surface area contributed by atoms with Gasteiger partial charge in [0.1, 0.15) is 12.2 Å². The minimum atomic E-state index is -1.14. The van der Waals surface area contributed by atoms with Crippen LogP contribution in [0.3, 0.4) is 0 Å². The Hall–Kier alpha value is -3.40. The molecule has 4 N–H and O–H groups in total. The van der Waals surface area contributed by atoms with Gasteiger partial charge in [-0.15, -0.1) is 0 Å². The summed E-state index contributed by atoms with van der Waals surface area (Å²) >= 11 is 0. The molecule has 1 aliphatic carbocycles. The Kier molecular flexibility index (Phi) is 8.16. The summed E-state index contributed by atoms with van der Waals surface area (Å²) in [5.74, 6) is -0.480. The van der Waals surface area contributed by atoms with Gasteiger partial charge in [0.05, 0.1) is 32.3 Å². The van der Waals surface area contributed by atoms with Gasteiger partial charge in [-0.3, -0.25) is 9.59 Å². The number of hydrogen-bond acceptors (Lipinski definition) is 7. The molecule has 0 aromatic heterocycles. The van der Waals surface area contributed by atoms with Crippen LogP contribution in [-0.2, 0) is 22.7 Å². The van der Waals surface area contributed by atoms with E-state index in [0.29, 0.717) is 28.2 Å². The second-order valence-electron chi connectivity index (χ2n) is 9.38. The number of hydrogen-bond donors (Lipinski definition) is 4. The molecule has 1 aliphatic heterocycles. The summed E-state index contributed by atoms with van der Waals surface area (Å²) in [6.07, 6.45) is -0.155. The summed E-state index contributed by atoms with van der Waals surface area (Å²) in [6.45, 7) is 3.56. The lowest BCUT2D eigenvalue weighted by atomic mass is 9.77. The number of carbonyl (C=O) groups excluding carboxylic acids is 2. The van der Waals surface area contributed by atoms with Crippen LogP contribution in [0.5, 0.6) is 11.5 Å². The van der Waals surface area contributed by atoms with Crippen LogP contribution in [0.1, 0.15) is 41.5 Å². The number of methoxy groups -OCH3 is 1. The van der Waals surface area contributed by atoms with Crippen molar-refractivity contribution in [2.75, 3.05) is 20.3 Å². The van der Waals surface area contributed by atoms with Gasteiger partial charge in [0.25, 0.3) is 0 Å². The maximum Gasteiger partial charge on any atom is 0.247 e. The average molecular weight is 511 g/mol. The van der Waals surface area contributed by atoms with Gasteiger partial charge in [0.15, 0.2) is 11.5 Å². The topological polar surface area (TPSA) is 129 Å². The first-order valence-electron chi connectivity index (χ1n) is 12.4. The molecule has 2 aromatic carbocycles. The first-order chi connectivity index (χ1) is 17.8. The molecule has 1 heterocycles. The molecule has 37 heavy (non-hydrogen) atoms. The van der Waals surface area contributed by atoms with Crippen molar-refractivity contribution < 1.29 is 34.4 Å². The Morgan fingerprint density at radius 3 is 2.49 bits per heavy atom. The fourth-order valence-corrected chi connectivity index (χ4v) is 5.07. The smallest absolute Gasteiger partial charge is 0.247 e. The van der Waals surface area contributed by atoms with Crippen molar-refractivity contribution in [2.45, 2.75) is 57.6 Å². The van der Waals surface area contributed by atoms with Crippen LogP contribution in [0.4, 0.5) is 0 Å². The molecule has 9 heteroatoms. The lowest BCUT2D eigenvalue weighted by molar-refractivity contribution is -0.137. The van der Waals surface area contributed by atoms with E-state index in [2.05, 4.69) is 5.32 Å². The highest BCUT2D eigenvalue weighted by atomic mass is 16.5. The molecule has 4 rings (SSSR count). The Bertz CT molecular complexity index is 1180. The number of aliphatic hydroxyl groups is 3. The predicted molar refractivity (Wildman–Crippen MR) is 136 cm³/mol. The van der Waals surface area contributed by atoms with E-state index in [-0.39, 0.29) is 38.6 Å². The molecule has 0 saturated heterocycles. The van der Waals surface area contributed by atoms with Gasteiger partial charge in [0.2, 0.25) is 11.8 Å². The van der Waals surface area contributed by atoms with Gasteiger partial charge in [0, 0.05) is 30.6 Å². The number of rotatable bonds is 9. The number of carbonyl (C=O) groups is 2. The van der Waals surface area contributed by atoms with E-state index in [1.807, 2.05) is 31.2 Å². The maximum absolute atomic E-state index is 13.3. The molecule has 9 nitrogen and oxygen atoms in total. The zero-order valence-corrected chi connectivity index (χ0v) is 21.3. The summed E-state index contributed by atoms with van der Waals surface area (Å²) in [6, 6.07) is 10.4.